The molecular weight excluding hydrogens is 429 g/mol. The highest BCUT2D eigenvalue weighted by molar-refractivity contribution is 6.05. The Hall–Kier alpha value is -4.00. The molecule has 2 heterocycles. The highest BCUT2D eigenvalue weighted by Gasteiger charge is 2.18. The average Bonchev–Trinajstić information content (AvgIpc) is 3.23. The van der Waals surface area contributed by atoms with E-state index in [1.54, 1.807) is 43.3 Å². The lowest BCUT2D eigenvalue weighted by molar-refractivity contribution is 0.102. The number of aromatic nitrogens is 2. The fourth-order valence-corrected chi connectivity index (χ4v) is 4.40. The summed E-state index contributed by atoms with van der Waals surface area (Å²) >= 11 is 0. The number of rotatable bonds is 4. The van der Waals surface area contributed by atoms with Gasteiger partial charge in [-0.25, -0.2) is 9.07 Å². The van der Waals surface area contributed by atoms with Gasteiger partial charge in [0.1, 0.15) is 23.2 Å². The summed E-state index contributed by atoms with van der Waals surface area (Å²) < 4.78 is 16.4. The van der Waals surface area contributed by atoms with E-state index in [1.165, 1.54) is 17.2 Å². The van der Waals surface area contributed by atoms with Crippen LogP contribution in [0.25, 0.3) is 16.5 Å². The van der Waals surface area contributed by atoms with Crippen LogP contribution in [-0.2, 0) is 0 Å². The number of likely N-dealkylation sites (tertiary alicyclic amines) is 1. The lowest BCUT2D eigenvalue weighted by atomic mass is 10.1. The van der Waals surface area contributed by atoms with Gasteiger partial charge in [0.25, 0.3) is 5.91 Å². The number of carbonyl (C=O) groups excluding carboxylic acids is 1. The molecule has 0 unspecified atom stereocenters. The summed E-state index contributed by atoms with van der Waals surface area (Å²) in [7, 11) is 0. The summed E-state index contributed by atoms with van der Waals surface area (Å²) in [4.78, 5) is 15.1. The Morgan fingerprint density at radius 1 is 0.941 bits per heavy atom. The second kappa shape index (κ2) is 9.09. The van der Waals surface area contributed by atoms with Crippen molar-refractivity contribution in [2.24, 2.45) is 0 Å². The van der Waals surface area contributed by atoms with E-state index in [1.807, 2.05) is 24.3 Å². The van der Waals surface area contributed by atoms with Crippen molar-refractivity contribution in [2.45, 2.75) is 26.2 Å². The van der Waals surface area contributed by atoms with E-state index >= 15 is 0 Å². The van der Waals surface area contributed by atoms with Crippen LogP contribution in [0.15, 0.2) is 66.7 Å². The van der Waals surface area contributed by atoms with Crippen molar-refractivity contribution in [2.75, 3.05) is 18.4 Å². The van der Waals surface area contributed by atoms with Crippen LogP contribution in [0, 0.1) is 18.2 Å². The smallest absolute Gasteiger partial charge is 0.256 e. The fraction of sp³-hybridized carbons (Fsp3) is 0.222. The van der Waals surface area contributed by atoms with E-state index in [9.17, 15) is 9.18 Å². The topological polar surface area (TPSA) is 74.0 Å². The van der Waals surface area contributed by atoms with E-state index in [2.05, 4.69) is 15.3 Å². The Kier molecular flexibility index (Phi) is 5.84. The van der Waals surface area contributed by atoms with Gasteiger partial charge in [-0.1, -0.05) is 36.4 Å². The molecule has 34 heavy (non-hydrogen) atoms. The number of aryl methyl sites for hydroxylation is 1. The first-order valence-corrected chi connectivity index (χ1v) is 11.5. The van der Waals surface area contributed by atoms with E-state index < -0.39 is 5.82 Å². The van der Waals surface area contributed by atoms with Gasteiger partial charge in [0, 0.05) is 30.3 Å². The predicted molar refractivity (Wildman–Crippen MR) is 132 cm³/mol. The number of piperidine rings is 1. The first-order chi connectivity index (χ1) is 16.5. The Morgan fingerprint density at radius 3 is 2.29 bits per heavy atom. The van der Waals surface area contributed by atoms with Gasteiger partial charge in [0.05, 0.1) is 5.69 Å². The molecule has 1 aromatic heterocycles. The largest absolute Gasteiger partial charge is 0.357 e. The molecule has 1 amide bonds. The lowest BCUT2D eigenvalue weighted by Gasteiger charge is -2.29. The standard InChI is InChI=1S/C27H26FN5O/c1-18-15-25(33(31-18)24-17-22-8-4-3-7-21(22)16-23(24)28)30-27(34)20-11-9-19(10-12-20)26(29)32-13-5-2-6-14-32/h3-4,7-12,15-17,29H,2,5-6,13-14H2,1H3,(H,30,34). The molecule has 2 N–H and O–H groups in total. The maximum absolute atomic E-state index is 14.9. The molecule has 0 aliphatic carbocycles. The van der Waals surface area contributed by atoms with Gasteiger partial charge in [0.2, 0.25) is 0 Å². The molecule has 0 bridgehead atoms. The average molecular weight is 456 g/mol. The fourth-order valence-electron chi connectivity index (χ4n) is 4.40. The van der Waals surface area contributed by atoms with Crippen molar-refractivity contribution in [3.63, 3.8) is 0 Å². The van der Waals surface area contributed by atoms with Crippen molar-refractivity contribution in [3.05, 3.63) is 89.4 Å². The second-order valence-corrected chi connectivity index (χ2v) is 8.66. The number of halogens is 1. The number of hydrogen-bond donors (Lipinski definition) is 2. The van der Waals surface area contributed by atoms with Crippen molar-refractivity contribution in [1.82, 2.24) is 14.7 Å². The molecule has 0 saturated carbocycles. The second-order valence-electron chi connectivity index (χ2n) is 8.66. The predicted octanol–water partition coefficient (Wildman–Crippen LogP) is 5.54. The molecule has 0 spiro atoms. The molecule has 5 rings (SSSR count). The van der Waals surface area contributed by atoms with Crippen LogP contribution >= 0.6 is 0 Å². The molecule has 6 nitrogen and oxygen atoms in total. The number of amides is 1. The maximum Gasteiger partial charge on any atom is 0.256 e. The minimum Gasteiger partial charge on any atom is -0.357 e. The van der Waals surface area contributed by atoms with Gasteiger partial charge >= 0.3 is 0 Å². The van der Waals surface area contributed by atoms with E-state index in [0.717, 1.165) is 42.3 Å². The van der Waals surface area contributed by atoms with Gasteiger partial charge in [-0.05, 0) is 61.2 Å². The first-order valence-electron chi connectivity index (χ1n) is 11.5. The molecular formula is C27H26FN5O. The Balaban J connectivity index is 1.38. The van der Waals surface area contributed by atoms with Gasteiger partial charge in [-0.2, -0.15) is 5.10 Å². The zero-order chi connectivity index (χ0) is 23.7. The number of nitrogens with one attached hydrogen (secondary N) is 2. The third kappa shape index (κ3) is 4.29. The van der Waals surface area contributed by atoms with E-state index in [0.29, 0.717) is 22.9 Å². The van der Waals surface area contributed by atoms with Gasteiger partial charge in [-0.3, -0.25) is 10.2 Å². The first kappa shape index (κ1) is 21.8. The summed E-state index contributed by atoms with van der Waals surface area (Å²) in [5, 5.41) is 17.4. The molecule has 1 aliphatic rings. The number of anilines is 1. The monoisotopic (exact) mass is 455 g/mol. The van der Waals surface area contributed by atoms with Crippen LogP contribution in [0.3, 0.4) is 0 Å². The zero-order valence-electron chi connectivity index (χ0n) is 19.0. The molecule has 1 aliphatic heterocycles. The number of nitrogens with zero attached hydrogens (tertiary/aromatic N) is 3. The summed E-state index contributed by atoms with van der Waals surface area (Å²) in [6.45, 7) is 3.59. The molecule has 1 fully saturated rings. The zero-order valence-corrected chi connectivity index (χ0v) is 19.0. The molecule has 3 aromatic carbocycles. The summed E-state index contributed by atoms with van der Waals surface area (Å²) in [5.74, 6) is 0.144. The van der Waals surface area contributed by atoms with Crippen molar-refractivity contribution in [1.29, 1.82) is 5.41 Å². The molecule has 4 aromatic rings. The normalized spacial score (nSPS) is 13.8. The summed E-state index contributed by atoms with van der Waals surface area (Å²) in [5.41, 5.74) is 2.18. The van der Waals surface area contributed by atoms with Gasteiger partial charge in [-0.15, -0.1) is 0 Å². The molecule has 7 heteroatoms. The number of amidine groups is 1. The highest BCUT2D eigenvalue weighted by Crippen LogP contribution is 2.25. The van der Waals surface area contributed by atoms with Crippen LogP contribution < -0.4 is 5.32 Å². The minimum absolute atomic E-state index is 0.271. The summed E-state index contributed by atoms with van der Waals surface area (Å²) in [6.07, 6.45) is 3.42. The number of hydrogen-bond acceptors (Lipinski definition) is 3. The van der Waals surface area contributed by atoms with Crippen LogP contribution in [-0.4, -0.2) is 39.5 Å². The lowest BCUT2D eigenvalue weighted by Crippen LogP contribution is -2.35. The number of fused-ring (bicyclic) bond motifs is 1. The number of carbonyl (C=O) groups is 1. The molecule has 0 atom stereocenters. The molecule has 0 radical (unpaired) electrons. The third-order valence-electron chi connectivity index (χ3n) is 6.21. The Morgan fingerprint density at radius 2 is 1.59 bits per heavy atom. The molecule has 1 saturated heterocycles. The van der Waals surface area contributed by atoms with Crippen LogP contribution in [0.2, 0.25) is 0 Å². The number of benzene rings is 3. The Labute approximate surface area is 197 Å². The molecule has 172 valence electrons. The van der Waals surface area contributed by atoms with Gasteiger partial charge in [0.15, 0.2) is 0 Å². The highest BCUT2D eigenvalue weighted by atomic mass is 19.1. The minimum atomic E-state index is -0.419. The van der Waals surface area contributed by atoms with Crippen LogP contribution in [0.1, 0.15) is 40.9 Å². The maximum atomic E-state index is 14.9. The van der Waals surface area contributed by atoms with E-state index in [4.69, 9.17) is 5.41 Å². The Bertz CT molecular complexity index is 1370. The van der Waals surface area contributed by atoms with Crippen molar-refractivity contribution in [3.8, 4) is 5.69 Å². The van der Waals surface area contributed by atoms with Crippen LogP contribution in [0.5, 0.6) is 0 Å². The SMILES string of the molecule is Cc1cc(NC(=O)c2ccc(C(=N)N3CCCCC3)cc2)n(-c2cc3ccccc3cc2F)n1. The van der Waals surface area contributed by atoms with E-state index in [-0.39, 0.29) is 11.6 Å². The van der Waals surface area contributed by atoms with Gasteiger partial charge < -0.3 is 10.2 Å². The summed E-state index contributed by atoms with van der Waals surface area (Å²) in [6, 6.07) is 19.5. The van der Waals surface area contributed by atoms with Crippen molar-refractivity contribution < 1.29 is 9.18 Å². The third-order valence-corrected chi connectivity index (χ3v) is 6.21. The van der Waals surface area contributed by atoms with Crippen molar-refractivity contribution >= 4 is 28.3 Å². The quantitative estimate of drug-likeness (QED) is 0.314. The van der Waals surface area contributed by atoms with Crippen LogP contribution in [0.4, 0.5) is 10.2 Å².